The molecule has 0 fully saturated rings. The smallest absolute Gasteiger partial charge is 0.368 e. The van der Waals surface area contributed by atoms with Crippen LogP contribution in [0.4, 0.5) is 0 Å². The molecule has 0 aromatic heterocycles. The Balaban J connectivity index is 0. The van der Waals surface area contributed by atoms with Crippen molar-refractivity contribution in [2.75, 3.05) is 13.2 Å². The van der Waals surface area contributed by atoms with Gasteiger partial charge in [0.1, 0.15) is 0 Å². The number of hydrogen-bond acceptors (Lipinski definition) is 4. The van der Waals surface area contributed by atoms with Gasteiger partial charge >= 0.3 is 5.97 Å². The molecule has 0 spiro atoms. The zero-order chi connectivity index (χ0) is 10.7. The number of ether oxygens (including phenoxy) is 2. The van der Waals surface area contributed by atoms with Crippen molar-refractivity contribution in [1.82, 2.24) is 0 Å². The molecule has 0 aliphatic rings. The van der Waals surface area contributed by atoms with Crippen LogP contribution in [0.1, 0.15) is 20.8 Å². The molecule has 0 aliphatic carbocycles. The van der Waals surface area contributed by atoms with Crippen LogP contribution in [0.5, 0.6) is 0 Å². The summed E-state index contributed by atoms with van der Waals surface area (Å²) in [6, 6.07) is 0. The van der Waals surface area contributed by atoms with E-state index in [1.807, 2.05) is 20.8 Å². The summed E-state index contributed by atoms with van der Waals surface area (Å²) in [5.74, 6) is -1.43. The summed E-state index contributed by atoms with van der Waals surface area (Å²) in [6.45, 7) is 7.25. The fourth-order valence-electron chi connectivity index (χ4n) is 0.518. The molecule has 0 rings (SSSR count). The summed E-state index contributed by atoms with van der Waals surface area (Å²) in [4.78, 5) is 17.9. The van der Waals surface area contributed by atoms with Crippen LogP contribution < -0.4 is 0 Å². The van der Waals surface area contributed by atoms with Crippen LogP contribution >= 0.6 is 0 Å². The normalized spacial score (nSPS) is 8.92. The van der Waals surface area contributed by atoms with Gasteiger partial charge in [0.25, 0.3) is 0 Å². The number of hydrogen-bond donors (Lipinski definition) is 1. The zero-order valence-electron chi connectivity index (χ0n) is 8.15. The van der Waals surface area contributed by atoms with E-state index in [0.29, 0.717) is 0 Å². The quantitative estimate of drug-likeness (QED) is 0.394. The van der Waals surface area contributed by atoms with E-state index in [4.69, 9.17) is 24.2 Å². The second kappa shape index (κ2) is 11.1. The first-order chi connectivity index (χ1) is 6.08. The summed E-state index contributed by atoms with van der Waals surface area (Å²) in [5.41, 5.74) is 0. The Bertz CT molecular complexity index is 128. The Morgan fingerprint density at radius 2 is 1.69 bits per heavy atom. The van der Waals surface area contributed by atoms with Gasteiger partial charge in [-0.25, -0.2) is 4.79 Å². The minimum atomic E-state index is -1.43. The summed E-state index contributed by atoms with van der Waals surface area (Å²) in [7, 11) is 0. The lowest BCUT2D eigenvalue weighted by Crippen LogP contribution is -2.11. The number of aliphatic carboxylic acids is 1. The first-order valence-corrected chi connectivity index (χ1v) is 3.99. The van der Waals surface area contributed by atoms with Crippen molar-refractivity contribution in [3.8, 4) is 0 Å². The van der Waals surface area contributed by atoms with Gasteiger partial charge in [0, 0.05) is 13.2 Å². The molecule has 13 heavy (non-hydrogen) atoms. The van der Waals surface area contributed by atoms with Crippen LogP contribution in [0, 0.1) is 0 Å². The van der Waals surface area contributed by atoms with Gasteiger partial charge in [-0.3, -0.25) is 4.79 Å². The number of rotatable bonds is 5. The molecule has 0 radical (unpaired) electrons. The van der Waals surface area contributed by atoms with E-state index in [-0.39, 0.29) is 12.6 Å². The van der Waals surface area contributed by atoms with Gasteiger partial charge in [-0.15, -0.1) is 0 Å². The highest BCUT2D eigenvalue weighted by atomic mass is 16.7. The predicted molar refractivity (Wildman–Crippen MR) is 46.4 cm³/mol. The molecule has 0 bridgehead atoms. The maximum Gasteiger partial charge on any atom is 0.368 e. The van der Waals surface area contributed by atoms with Gasteiger partial charge in [0.2, 0.25) is 6.29 Å². The van der Waals surface area contributed by atoms with Crippen molar-refractivity contribution in [2.24, 2.45) is 0 Å². The molecule has 1 N–H and O–H groups in total. The van der Waals surface area contributed by atoms with E-state index in [1.165, 1.54) is 0 Å². The molecule has 0 amide bonds. The predicted octanol–water partition coefficient (Wildman–Crippen LogP) is 0.675. The molecule has 0 unspecified atom stereocenters. The molecule has 0 atom stereocenters. The van der Waals surface area contributed by atoms with Crippen molar-refractivity contribution >= 4 is 12.3 Å². The molecule has 0 aromatic carbocycles. The topological polar surface area (TPSA) is 72.8 Å². The average molecular weight is 192 g/mol. The van der Waals surface area contributed by atoms with Crippen LogP contribution in [0.2, 0.25) is 0 Å². The fraction of sp³-hybridized carbons (Fsp3) is 0.750. The molecule has 5 nitrogen and oxygen atoms in total. The van der Waals surface area contributed by atoms with Crippen molar-refractivity contribution in [3.05, 3.63) is 0 Å². The van der Waals surface area contributed by atoms with E-state index >= 15 is 0 Å². The molecule has 78 valence electrons. The number of carboxylic acids is 1. The number of carboxylic acid groups (broad SMARTS) is 1. The number of aldehydes is 1. The largest absolute Gasteiger partial charge is 0.476 e. The Hall–Kier alpha value is -0.940. The van der Waals surface area contributed by atoms with E-state index in [0.717, 1.165) is 13.2 Å². The second-order valence-corrected chi connectivity index (χ2v) is 1.93. The van der Waals surface area contributed by atoms with E-state index < -0.39 is 5.97 Å². The lowest BCUT2D eigenvalue weighted by Gasteiger charge is -2.09. The van der Waals surface area contributed by atoms with E-state index in [1.54, 1.807) is 0 Å². The number of carbonyl (C=O) groups is 2. The fourth-order valence-corrected chi connectivity index (χ4v) is 0.518. The van der Waals surface area contributed by atoms with Gasteiger partial charge in [0.15, 0.2) is 6.29 Å². The molecule has 0 saturated heterocycles. The molecule has 0 heterocycles. The van der Waals surface area contributed by atoms with Crippen LogP contribution in [0.15, 0.2) is 0 Å². The highest BCUT2D eigenvalue weighted by Gasteiger charge is 1.94. The minimum absolute atomic E-state index is 0.0370. The van der Waals surface area contributed by atoms with Gasteiger partial charge in [-0.05, 0) is 20.8 Å². The maximum absolute atomic E-state index is 9.00. The third kappa shape index (κ3) is 18.2. The molecular weight excluding hydrogens is 176 g/mol. The molecular formula is C8H16O5. The standard InChI is InChI=1S/C6H14O2.C2H2O3/c1-4-7-6(3)8-5-2;3-1-2(4)5/h6H,4-5H2,1-3H3;1H,(H,4,5). The summed E-state index contributed by atoms with van der Waals surface area (Å²) < 4.78 is 10.1. The Kier molecular flexibility index (Phi) is 12.4. The van der Waals surface area contributed by atoms with Crippen molar-refractivity contribution in [2.45, 2.75) is 27.1 Å². The summed E-state index contributed by atoms with van der Waals surface area (Å²) in [5, 5.41) is 7.35. The van der Waals surface area contributed by atoms with Gasteiger partial charge in [-0.1, -0.05) is 0 Å². The highest BCUT2D eigenvalue weighted by Crippen LogP contribution is 1.90. The van der Waals surface area contributed by atoms with Crippen LogP contribution in [0.3, 0.4) is 0 Å². The molecule has 0 aliphatic heterocycles. The van der Waals surface area contributed by atoms with Crippen LogP contribution in [0.25, 0.3) is 0 Å². The van der Waals surface area contributed by atoms with Crippen LogP contribution in [-0.4, -0.2) is 36.9 Å². The molecule has 0 aromatic rings. The van der Waals surface area contributed by atoms with Crippen molar-refractivity contribution < 1.29 is 24.2 Å². The minimum Gasteiger partial charge on any atom is -0.476 e. The average Bonchev–Trinajstić information content (AvgIpc) is 2.06. The summed E-state index contributed by atoms with van der Waals surface area (Å²) >= 11 is 0. The summed E-state index contributed by atoms with van der Waals surface area (Å²) in [6.07, 6.45) is -0.204. The van der Waals surface area contributed by atoms with Crippen molar-refractivity contribution in [3.63, 3.8) is 0 Å². The van der Waals surface area contributed by atoms with E-state index in [2.05, 4.69) is 0 Å². The third-order valence-electron chi connectivity index (χ3n) is 0.904. The monoisotopic (exact) mass is 192 g/mol. The maximum atomic E-state index is 9.00. The van der Waals surface area contributed by atoms with Crippen LogP contribution in [-0.2, 0) is 19.1 Å². The molecule has 0 saturated carbocycles. The van der Waals surface area contributed by atoms with E-state index in [9.17, 15) is 0 Å². The van der Waals surface area contributed by atoms with Gasteiger partial charge in [-0.2, -0.15) is 0 Å². The Morgan fingerprint density at radius 1 is 1.38 bits per heavy atom. The lowest BCUT2D eigenvalue weighted by molar-refractivity contribution is -0.143. The first-order valence-electron chi connectivity index (χ1n) is 3.99. The Morgan fingerprint density at radius 3 is 1.85 bits per heavy atom. The Labute approximate surface area is 77.6 Å². The SMILES string of the molecule is CCOC(C)OCC.O=CC(=O)O. The third-order valence-corrected chi connectivity index (χ3v) is 0.904. The highest BCUT2D eigenvalue weighted by molar-refractivity contribution is 6.19. The van der Waals surface area contributed by atoms with Crippen molar-refractivity contribution in [1.29, 1.82) is 0 Å². The zero-order valence-corrected chi connectivity index (χ0v) is 8.15. The molecule has 5 heteroatoms. The van der Waals surface area contributed by atoms with Gasteiger partial charge in [0.05, 0.1) is 0 Å². The second-order valence-electron chi connectivity index (χ2n) is 1.93. The van der Waals surface area contributed by atoms with Gasteiger partial charge < -0.3 is 14.6 Å². The number of carbonyl (C=O) groups excluding carboxylic acids is 1. The first kappa shape index (κ1) is 14.6. The lowest BCUT2D eigenvalue weighted by atomic mass is 10.7.